The van der Waals surface area contributed by atoms with Crippen LogP contribution < -0.4 is 15.4 Å². The van der Waals surface area contributed by atoms with Crippen LogP contribution in [0, 0.1) is 5.92 Å². The Morgan fingerprint density at radius 2 is 1.85 bits per heavy atom. The Morgan fingerprint density at radius 3 is 2.62 bits per heavy atom. The molecule has 1 amide bonds. The molecule has 134 valence electrons. The van der Waals surface area contributed by atoms with Crippen LogP contribution in [0.25, 0.3) is 10.9 Å². The first kappa shape index (κ1) is 17.7. The van der Waals surface area contributed by atoms with Crippen molar-refractivity contribution < 1.29 is 9.53 Å². The number of fused-ring (bicyclic) bond motifs is 1. The molecule has 0 saturated carbocycles. The molecule has 0 radical (unpaired) electrons. The van der Waals surface area contributed by atoms with E-state index in [0.29, 0.717) is 18.3 Å². The van der Waals surface area contributed by atoms with E-state index in [-0.39, 0.29) is 12.5 Å². The fraction of sp³-hybridized carbons (Fsp3) is 0.250. The van der Waals surface area contributed by atoms with Gasteiger partial charge >= 0.3 is 0 Å². The number of carbonyl (C=O) groups is 1. The number of carbonyl (C=O) groups excluding carboxylic acids is 1. The third kappa shape index (κ3) is 4.69. The van der Waals surface area contributed by atoms with Gasteiger partial charge in [-0.1, -0.05) is 26.0 Å². The van der Waals surface area contributed by atoms with E-state index in [2.05, 4.69) is 34.4 Å². The molecule has 0 aliphatic heterocycles. The summed E-state index contributed by atoms with van der Waals surface area (Å²) in [5.74, 6) is 1.76. The predicted molar refractivity (Wildman–Crippen MR) is 103 cm³/mol. The van der Waals surface area contributed by atoms with Crippen LogP contribution in [0.1, 0.15) is 13.8 Å². The summed E-state index contributed by atoms with van der Waals surface area (Å²) in [5, 5.41) is 6.80. The second-order valence-corrected chi connectivity index (χ2v) is 6.37. The number of aromatic nitrogens is 2. The van der Waals surface area contributed by atoms with Gasteiger partial charge in [-0.15, -0.1) is 0 Å². The molecule has 0 saturated heterocycles. The lowest BCUT2D eigenvalue weighted by Gasteiger charge is -2.11. The van der Waals surface area contributed by atoms with E-state index in [4.69, 9.17) is 4.74 Å². The van der Waals surface area contributed by atoms with E-state index in [9.17, 15) is 4.79 Å². The van der Waals surface area contributed by atoms with Gasteiger partial charge in [0.25, 0.3) is 0 Å². The molecule has 0 spiro atoms. The number of nitrogens with one attached hydrogen (secondary N) is 2. The van der Waals surface area contributed by atoms with Crippen molar-refractivity contribution in [2.24, 2.45) is 5.92 Å². The molecule has 0 unspecified atom stereocenters. The molecule has 0 aliphatic rings. The largest absolute Gasteiger partial charge is 0.493 e. The lowest BCUT2D eigenvalue weighted by molar-refractivity contribution is -0.114. The van der Waals surface area contributed by atoms with E-state index in [0.717, 1.165) is 22.3 Å². The van der Waals surface area contributed by atoms with E-state index in [1.165, 1.54) is 6.33 Å². The van der Waals surface area contributed by atoms with Gasteiger partial charge in [-0.05, 0) is 42.3 Å². The van der Waals surface area contributed by atoms with Crippen molar-refractivity contribution in [2.75, 3.05) is 23.8 Å². The highest BCUT2D eigenvalue weighted by Crippen LogP contribution is 2.19. The molecule has 0 atom stereocenters. The number of ether oxygens (including phenoxy) is 1. The van der Waals surface area contributed by atoms with Gasteiger partial charge in [0, 0.05) is 11.1 Å². The van der Waals surface area contributed by atoms with Gasteiger partial charge < -0.3 is 15.4 Å². The Kier molecular flexibility index (Phi) is 5.63. The summed E-state index contributed by atoms with van der Waals surface area (Å²) in [7, 11) is 0. The summed E-state index contributed by atoms with van der Waals surface area (Å²) in [6.07, 6.45) is 1.48. The minimum atomic E-state index is -0.149. The number of hydrogen-bond donors (Lipinski definition) is 2. The molecule has 0 bridgehead atoms. The number of amides is 1. The Morgan fingerprint density at radius 1 is 1.08 bits per heavy atom. The first-order chi connectivity index (χ1) is 12.6. The smallest absolute Gasteiger partial charge is 0.243 e. The van der Waals surface area contributed by atoms with Crippen LogP contribution in [-0.2, 0) is 4.79 Å². The van der Waals surface area contributed by atoms with Crippen molar-refractivity contribution in [2.45, 2.75) is 13.8 Å². The van der Waals surface area contributed by atoms with Gasteiger partial charge in [0.15, 0.2) is 0 Å². The molecule has 26 heavy (non-hydrogen) atoms. The van der Waals surface area contributed by atoms with Gasteiger partial charge in [0.05, 0.1) is 18.7 Å². The van der Waals surface area contributed by atoms with Crippen molar-refractivity contribution in [3.8, 4) is 5.75 Å². The maximum atomic E-state index is 12.2. The highest BCUT2D eigenvalue weighted by molar-refractivity contribution is 5.95. The van der Waals surface area contributed by atoms with Gasteiger partial charge in [0.2, 0.25) is 5.91 Å². The van der Waals surface area contributed by atoms with E-state index in [1.807, 2.05) is 48.5 Å². The molecule has 6 nitrogen and oxygen atoms in total. The molecule has 1 heterocycles. The summed E-state index contributed by atoms with van der Waals surface area (Å²) >= 11 is 0. The third-order valence-electron chi connectivity index (χ3n) is 3.68. The first-order valence-corrected chi connectivity index (χ1v) is 8.58. The maximum absolute atomic E-state index is 12.2. The Bertz CT molecular complexity index is 873. The van der Waals surface area contributed by atoms with Crippen molar-refractivity contribution in [3.05, 3.63) is 54.9 Å². The summed E-state index contributed by atoms with van der Waals surface area (Å²) < 4.78 is 5.63. The van der Waals surface area contributed by atoms with Crippen molar-refractivity contribution in [1.29, 1.82) is 0 Å². The zero-order chi connectivity index (χ0) is 18.4. The SMILES string of the molecule is CC(C)COc1ccc(NC(=O)CNc2ncnc3ccccc23)cc1. The second kappa shape index (κ2) is 8.29. The van der Waals surface area contributed by atoms with E-state index in [1.54, 1.807) is 0 Å². The standard InChI is InChI=1S/C20H22N4O2/c1-14(2)12-26-16-9-7-15(8-10-16)24-19(25)11-21-20-17-5-3-4-6-18(17)22-13-23-20/h3-10,13-14H,11-12H2,1-2H3,(H,24,25)(H,21,22,23). The maximum Gasteiger partial charge on any atom is 0.243 e. The number of anilines is 2. The number of rotatable bonds is 7. The van der Waals surface area contributed by atoms with Gasteiger partial charge in [0.1, 0.15) is 17.9 Å². The van der Waals surface area contributed by atoms with Crippen molar-refractivity contribution >= 4 is 28.3 Å². The van der Waals surface area contributed by atoms with Crippen LogP contribution in [0.3, 0.4) is 0 Å². The molecule has 2 N–H and O–H groups in total. The summed E-state index contributed by atoms with van der Waals surface area (Å²) in [5.41, 5.74) is 1.56. The van der Waals surface area contributed by atoms with Crippen LogP contribution in [-0.4, -0.2) is 29.0 Å². The number of benzene rings is 2. The highest BCUT2D eigenvalue weighted by atomic mass is 16.5. The fourth-order valence-electron chi connectivity index (χ4n) is 2.41. The Hall–Kier alpha value is -3.15. The van der Waals surface area contributed by atoms with E-state index < -0.39 is 0 Å². The Balaban J connectivity index is 1.55. The zero-order valence-electron chi connectivity index (χ0n) is 14.9. The molecule has 1 aromatic heterocycles. The topological polar surface area (TPSA) is 76.1 Å². The normalized spacial score (nSPS) is 10.7. The summed E-state index contributed by atoms with van der Waals surface area (Å²) in [4.78, 5) is 20.6. The van der Waals surface area contributed by atoms with Gasteiger partial charge in [-0.3, -0.25) is 4.79 Å². The Labute approximate surface area is 152 Å². The lowest BCUT2D eigenvalue weighted by atomic mass is 10.2. The molecular weight excluding hydrogens is 328 g/mol. The van der Waals surface area contributed by atoms with Gasteiger partial charge in [-0.2, -0.15) is 0 Å². The number of hydrogen-bond acceptors (Lipinski definition) is 5. The third-order valence-corrected chi connectivity index (χ3v) is 3.68. The van der Waals surface area contributed by atoms with Crippen LogP contribution in [0.4, 0.5) is 11.5 Å². The number of nitrogens with zero attached hydrogens (tertiary/aromatic N) is 2. The average molecular weight is 350 g/mol. The van der Waals surface area contributed by atoms with Gasteiger partial charge in [-0.25, -0.2) is 9.97 Å². The lowest BCUT2D eigenvalue weighted by Crippen LogP contribution is -2.22. The highest BCUT2D eigenvalue weighted by Gasteiger charge is 2.06. The monoisotopic (exact) mass is 350 g/mol. The van der Waals surface area contributed by atoms with Crippen molar-refractivity contribution in [1.82, 2.24) is 9.97 Å². The average Bonchev–Trinajstić information content (AvgIpc) is 2.65. The molecule has 2 aromatic carbocycles. The molecule has 3 rings (SSSR count). The molecule has 6 heteroatoms. The molecular formula is C20H22N4O2. The second-order valence-electron chi connectivity index (χ2n) is 6.37. The minimum absolute atomic E-state index is 0.118. The predicted octanol–water partition coefficient (Wildman–Crippen LogP) is 3.72. The summed E-state index contributed by atoms with van der Waals surface area (Å²) in [6, 6.07) is 15.0. The van der Waals surface area contributed by atoms with Crippen LogP contribution in [0.2, 0.25) is 0 Å². The van der Waals surface area contributed by atoms with Crippen LogP contribution in [0.5, 0.6) is 5.75 Å². The minimum Gasteiger partial charge on any atom is -0.493 e. The first-order valence-electron chi connectivity index (χ1n) is 8.58. The molecule has 0 fully saturated rings. The summed E-state index contributed by atoms with van der Waals surface area (Å²) in [6.45, 7) is 4.99. The van der Waals surface area contributed by atoms with Crippen LogP contribution in [0.15, 0.2) is 54.9 Å². The fourth-order valence-corrected chi connectivity index (χ4v) is 2.41. The van der Waals surface area contributed by atoms with E-state index >= 15 is 0 Å². The van der Waals surface area contributed by atoms with Crippen LogP contribution >= 0.6 is 0 Å². The molecule has 0 aliphatic carbocycles. The quantitative estimate of drug-likeness (QED) is 0.679. The van der Waals surface area contributed by atoms with Crippen molar-refractivity contribution in [3.63, 3.8) is 0 Å². The zero-order valence-corrected chi connectivity index (χ0v) is 14.9. The molecule has 3 aromatic rings. The number of para-hydroxylation sites is 1.